The van der Waals surface area contributed by atoms with E-state index in [1.165, 1.54) is 23.3 Å². The molecule has 0 radical (unpaired) electrons. The van der Waals surface area contributed by atoms with Gasteiger partial charge in [0.05, 0.1) is 24.1 Å². The van der Waals surface area contributed by atoms with Crippen LogP contribution < -0.4 is 0 Å². The summed E-state index contributed by atoms with van der Waals surface area (Å²) in [5.74, 6) is 0.246. The number of fused-ring (bicyclic) bond motifs is 8. The van der Waals surface area contributed by atoms with Crippen LogP contribution in [0, 0.1) is 34.5 Å². The van der Waals surface area contributed by atoms with E-state index in [1.54, 1.807) is 0 Å². The van der Waals surface area contributed by atoms with Gasteiger partial charge in [0, 0.05) is 24.8 Å². The molecule has 8 nitrogen and oxygen atoms in total. The number of carbonyl (C=O) groups excluding carboxylic acids is 2. The van der Waals surface area contributed by atoms with Crippen molar-refractivity contribution < 1.29 is 28.9 Å². The van der Waals surface area contributed by atoms with Gasteiger partial charge in [0.2, 0.25) is 5.78 Å². The maximum absolute atomic E-state index is 14.4. The highest BCUT2D eigenvalue weighted by Crippen LogP contribution is 2.70. The van der Waals surface area contributed by atoms with Crippen molar-refractivity contribution in [3.05, 3.63) is 23.0 Å². The fourth-order valence-corrected chi connectivity index (χ4v) is 10.7. The molecule has 1 aromatic heterocycles. The Kier molecular flexibility index (Phi) is 7.02. The van der Waals surface area contributed by atoms with Crippen molar-refractivity contribution in [2.45, 2.75) is 122 Å². The topological polar surface area (TPSA) is 99.9 Å². The van der Waals surface area contributed by atoms with Crippen LogP contribution in [0.1, 0.15) is 103 Å². The number of aliphatic hydroxyl groups excluding tert-OH is 1. The van der Waals surface area contributed by atoms with Gasteiger partial charge in [-0.1, -0.05) is 45.6 Å². The Morgan fingerprint density at radius 3 is 2.74 bits per heavy atom. The van der Waals surface area contributed by atoms with Crippen LogP contribution in [0.15, 0.2) is 11.8 Å². The summed E-state index contributed by atoms with van der Waals surface area (Å²) in [5.41, 5.74) is 1.87. The highest BCUT2D eigenvalue weighted by molar-refractivity contribution is 5.92. The van der Waals surface area contributed by atoms with Crippen molar-refractivity contribution in [2.75, 3.05) is 6.61 Å². The smallest absolute Gasteiger partial charge is 0.306 e. The third kappa shape index (κ3) is 4.00. The van der Waals surface area contributed by atoms with Crippen molar-refractivity contribution in [3.8, 4) is 0 Å². The zero-order valence-electron chi connectivity index (χ0n) is 25.8. The molecule has 1 aliphatic heterocycles. The molecule has 42 heavy (non-hydrogen) atoms. The van der Waals surface area contributed by atoms with Crippen LogP contribution in [0.3, 0.4) is 0 Å². The monoisotopic (exact) mass is 580 g/mol. The van der Waals surface area contributed by atoms with Gasteiger partial charge < -0.3 is 19.3 Å². The van der Waals surface area contributed by atoms with E-state index in [2.05, 4.69) is 25.0 Å². The SMILES string of the molecule is CCCC(=O)OCC(=O)[C@@]12OC(C3CCCCC3)O[C@@H]1C[C@H]1[C@@H]3CCC4=Cc5c(cnn5C)C[C@]4(C)[C@H]3[C@@H](O)C[C@@]12C. The van der Waals surface area contributed by atoms with E-state index in [-0.39, 0.29) is 53.6 Å². The molecule has 7 rings (SSSR count). The molecule has 0 spiro atoms. The van der Waals surface area contributed by atoms with E-state index in [0.29, 0.717) is 19.3 Å². The minimum atomic E-state index is -1.21. The normalized spacial score (nSPS) is 42.5. The highest BCUT2D eigenvalue weighted by Gasteiger charge is 2.76. The first kappa shape index (κ1) is 28.7. The zero-order valence-corrected chi connectivity index (χ0v) is 25.8. The molecule has 8 heteroatoms. The van der Waals surface area contributed by atoms with Gasteiger partial charge in [-0.15, -0.1) is 0 Å². The zero-order chi connectivity index (χ0) is 29.4. The van der Waals surface area contributed by atoms with Gasteiger partial charge >= 0.3 is 5.97 Å². The molecule has 230 valence electrons. The van der Waals surface area contributed by atoms with Crippen LogP contribution in [0.4, 0.5) is 0 Å². The lowest BCUT2D eigenvalue weighted by Crippen LogP contribution is -2.64. The largest absolute Gasteiger partial charge is 0.458 e. The number of esters is 1. The number of aryl methyl sites for hydroxylation is 1. The first-order valence-electron chi connectivity index (χ1n) is 16.5. The number of hydrogen-bond donors (Lipinski definition) is 1. The van der Waals surface area contributed by atoms with Crippen molar-refractivity contribution >= 4 is 17.8 Å². The summed E-state index contributed by atoms with van der Waals surface area (Å²) in [5, 5.41) is 16.7. The fourth-order valence-electron chi connectivity index (χ4n) is 10.7. The van der Waals surface area contributed by atoms with Gasteiger partial charge in [0.15, 0.2) is 18.5 Å². The molecule has 2 heterocycles. The van der Waals surface area contributed by atoms with Crippen LogP contribution >= 0.6 is 0 Å². The molecule has 9 atom stereocenters. The standard InChI is InChI=1S/C34H48N2O6/c1-5-9-29(39)40-19-27(38)34-28(41-31(42-34)20-10-7-6-8-11-20)15-24-23-13-12-22-14-25-21(18-35-36(25)4)16-32(22,2)30(23)26(37)17-33(24,34)3/h14,18,20,23-24,26,28,30-31,37H,5-13,15-17,19H2,1-4H3/t23-,24-,26-,28+,30+,31?,32-,33-,34+/m0/s1. The molecule has 0 bridgehead atoms. The van der Waals surface area contributed by atoms with Gasteiger partial charge in [-0.3, -0.25) is 14.3 Å². The number of aromatic nitrogens is 2. The van der Waals surface area contributed by atoms with Gasteiger partial charge in [-0.25, -0.2) is 0 Å². The Morgan fingerprint density at radius 2 is 1.98 bits per heavy atom. The van der Waals surface area contributed by atoms with E-state index in [1.807, 2.05) is 24.9 Å². The minimum Gasteiger partial charge on any atom is -0.458 e. The molecular weight excluding hydrogens is 532 g/mol. The first-order chi connectivity index (χ1) is 20.1. The predicted molar refractivity (Wildman–Crippen MR) is 156 cm³/mol. The Labute approximate surface area is 249 Å². The number of hydrogen-bond acceptors (Lipinski definition) is 7. The lowest BCUT2D eigenvalue weighted by Gasteiger charge is -2.60. The Hall–Kier alpha value is -2.03. The predicted octanol–water partition coefficient (Wildman–Crippen LogP) is 5.16. The van der Waals surface area contributed by atoms with Crippen molar-refractivity contribution in [1.82, 2.24) is 9.78 Å². The first-order valence-corrected chi connectivity index (χ1v) is 16.5. The number of ether oxygens (including phenoxy) is 3. The molecule has 6 aliphatic rings. The average molecular weight is 581 g/mol. The third-order valence-corrected chi connectivity index (χ3v) is 12.6. The van der Waals surface area contributed by atoms with Crippen molar-refractivity contribution in [3.63, 3.8) is 0 Å². The number of ketones is 1. The second-order valence-electron chi connectivity index (χ2n) is 14.8. The minimum absolute atomic E-state index is 0.0893. The van der Waals surface area contributed by atoms with Gasteiger partial charge in [0.25, 0.3) is 0 Å². The summed E-state index contributed by atoms with van der Waals surface area (Å²) in [7, 11) is 2.00. The van der Waals surface area contributed by atoms with Crippen LogP contribution in [0.5, 0.6) is 0 Å². The molecule has 1 saturated heterocycles. The van der Waals surface area contributed by atoms with E-state index >= 15 is 0 Å². The number of carbonyl (C=O) groups is 2. The molecular formula is C34H48N2O6. The molecule has 1 unspecified atom stereocenters. The van der Waals surface area contributed by atoms with Crippen LogP contribution in [0.25, 0.3) is 6.08 Å². The van der Waals surface area contributed by atoms with Crippen LogP contribution in [0.2, 0.25) is 0 Å². The fraction of sp³-hybridized carbons (Fsp3) is 0.794. The van der Waals surface area contributed by atoms with Gasteiger partial charge in [-0.2, -0.15) is 5.10 Å². The van der Waals surface area contributed by atoms with Gasteiger partial charge in [0.1, 0.15) is 0 Å². The molecule has 5 aliphatic carbocycles. The Balaban J connectivity index is 1.22. The summed E-state index contributed by atoms with van der Waals surface area (Å²) >= 11 is 0. The van der Waals surface area contributed by atoms with Crippen LogP contribution in [-0.2, 0) is 37.3 Å². The maximum Gasteiger partial charge on any atom is 0.306 e. The number of Topliss-reactive ketones (excluding diaryl/α,β-unsaturated/α-hetero) is 1. The second kappa shape index (κ2) is 10.3. The third-order valence-electron chi connectivity index (χ3n) is 12.6. The highest BCUT2D eigenvalue weighted by atomic mass is 16.7. The lowest BCUT2D eigenvalue weighted by molar-refractivity contribution is -0.212. The summed E-state index contributed by atoms with van der Waals surface area (Å²) in [6.45, 7) is 6.14. The van der Waals surface area contributed by atoms with E-state index in [9.17, 15) is 14.7 Å². The van der Waals surface area contributed by atoms with E-state index in [4.69, 9.17) is 14.2 Å². The lowest BCUT2D eigenvalue weighted by atomic mass is 9.45. The summed E-state index contributed by atoms with van der Waals surface area (Å²) in [6, 6.07) is 0. The summed E-state index contributed by atoms with van der Waals surface area (Å²) < 4.78 is 21.2. The van der Waals surface area contributed by atoms with Crippen molar-refractivity contribution in [2.24, 2.45) is 41.5 Å². The van der Waals surface area contributed by atoms with Gasteiger partial charge in [-0.05, 0) is 86.2 Å². The Bertz CT molecular complexity index is 1280. The number of nitrogens with zero attached hydrogens (tertiary/aromatic N) is 2. The molecule has 1 aromatic rings. The molecule has 5 fully saturated rings. The van der Waals surface area contributed by atoms with Crippen LogP contribution in [-0.4, -0.2) is 57.3 Å². The second-order valence-corrected chi connectivity index (χ2v) is 14.8. The van der Waals surface area contributed by atoms with Crippen molar-refractivity contribution in [1.29, 1.82) is 0 Å². The molecule has 4 saturated carbocycles. The maximum atomic E-state index is 14.4. The number of rotatable bonds is 6. The summed E-state index contributed by atoms with van der Waals surface area (Å²) in [4.78, 5) is 26.7. The molecule has 1 N–H and O–H groups in total. The van der Waals surface area contributed by atoms with E-state index in [0.717, 1.165) is 51.4 Å². The van der Waals surface area contributed by atoms with E-state index < -0.39 is 23.4 Å². The summed E-state index contributed by atoms with van der Waals surface area (Å²) in [6.07, 6.45) is 13.6. The quantitative estimate of drug-likeness (QED) is 0.464. The number of aliphatic hydroxyl groups is 1. The number of allylic oxidation sites excluding steroid dienone is 1. The Morgan fingerprint density at radius 1 is 1.19 bits per heavy atom. The average Bonchev–Trinajstić information content (AvgIpc) is 3.60. The molecule has 0 aromatic carbocycles. The molecule has 0 amide bonds.